The van der Waals surface area contributed by atoms with E-state index < -0.39 is 0 Å². The Morgan fingerprint density at radius 2 is 2.20 bits per heavy atom. The van der Waals surface area contributed by atoms with Crippen molar-refractivity contribution in [2.24, 2.45) is 0 Å². The Hall–Kier alpha value is -2.09. The van der Waals surface area contributed by atoms with Crippen LogP contribution in [0.1, 0.15) is 25.1 Å². The monoisotopic (exact) mass is 408 g/mol. The van der Waals surface area contributed by atoms with Crippen LogP contribution in [-0.2, 0) is 24.3 Å². The number of halogens is 1. The van der Waals surface area contributed by atoms with Gasteiger partial charge in [-0.05, 0) is 31.0 Å². The molecule has 0 saturated heterocycles. The predicted molar refractivity (Wildman–Crippen MR) is 96.7 cm³/mol. The van der Waals surface area contributed by atoms with Gasteiger partial charge >= 0.3 is 5.69 Å². The van der Waals surface area contributed by atoms with E-state index in [9.17, 15) is 9.59 Å². The number of benzene rings is 1. The zero-order valence-electron chi connectivity index (χ0n) is 13.9. The van der Waals surface area contributed by atoms with E-state index in [0.29, 0.717) is 19.7 Å². The highest BCUT2D eigenvalue weighted by Gasteiger charge is 2.17. The lowest BCUT2D eigenvalue weighted by molar-refractivity contribution is -0.122. The van der Waals surface area contributed by atoms with Gasteiger partial charge in [0.05, 0.1) is 6.54 Å². The Bertz CT molecular complexity index is 799. The molecule has 0 aliphatic carbocycles. The Labute approximate surface area is 154 Å². The molecule has 3 rings (SSSR count). The topological polar surface area (TPSA) is 78.2 Å². The molecule has 134 valence electrons. The van der Waals surface area contributed by atoms with Gasteiger partial charge in [0.15, 0.2) is 0 Å². The molecule has 0 radical (unpaired) electrons. The first-order valence-electron chi connectivity index (χ1n) is 8.45. The number of hydrogen-bond donors (Lipinski definition) is 1. The van der Waals surface area contributed by atoms with Gasteiger partial charge in [0, 0.05) is 17.4 Å². The number of amides is 1. The van der Waals surface area contributed by atoms with Gasteiger partial charge in [-0.2, -0.15) is 5.10 Å². The number of carbonyl (C=O) groups is 1. The first kappa shape index (κ1) is 17.7. The van der Waals surface area contributed by atoms with Crippen LogP contribution in [0.4, 0.5) is 0 Å². The van der Waals surface area contributed by atoms with Crippen molar-refractivity contribution in [2.75, 3.05) is 13.2 Å². The molecule has 25 heavy (non-hydrogen) atoms. The second-order valence-electron chi connectivity index (χ2n) is 5.97. The van der Waals surface area contributed by atoms with Crippen LogP contribution in [0.3, 0.4) is 0 Å². The zero-order chi connectivity index (χ0) is 17.6. The molecule has 1 amide bonds. The summed E-state index contributed by atoms with van der Waals surface area (Å²) in [5.74, 6) is 1.28. The quantitative estimate of drug-likeness (QED) is 0.738. The fourth-order valence-electron chi connectivity index (χ4n) is 2.84. The molecule has 7 nitrogen and oxygen atoms in total. The molecule has 1 aromatic carbocycles. The highest BCUT2D eigenvalue weighted by molar-refractivity contribution is 9.10. The molecule has 1 aromatic heterocycles. The van der Waals surface area contributed by atoms with Crippen LogP contribution in [0, 0.1) is 0 Å². The van der Waals surface area contributed by atoms with E-state index in [1.807, 2.05) is 24.3 Å². The van der Waals surface area contributed by atoms with Crippen LogP contribution < -0.4 is 15.7 Å². The Kier molecular flexibility index (Phi) is 5.91. The normalized spacial score (nSPS) is 13.8. The van der Waals surface area contributed by atoms with E-state index in [1.165, 1.54) is 4.68 Å². The highest BCUT2D eigenvalue weighted by Crippen LogP contribution is 2.17. The number of aryl methyl sites for hydroxylation is 1. The lowest BCUT2D eigenvalue weighted by Crippen LogP contribution is -2.35. The van der Waals surface area contributed by atoms with Crippen LogP contribution in [0.5, 0.6) is 5.75 Å². The summed E-state index contributed by atoms with van der Waals surface area (Å²) in [5, 5.41) is 7.06. The average molecular weight is 409 g/mol. The fraction of sp³-hybridized carbons (Fsp3) is 0.471. The summed E-state index contributed by atoms with van der Waals surface area (Å²) in [7, 11) is 0. The number of nitrogens with zero attached hydrogens (tertiary/aromatic N) is 3. The van der Waals surface area contributed by atoms with Crippen LogP contribution in [0.2, 0.25) is 0 Å². The van der Waals surface area contributed by atoms with E-state index in [2.05, 4.69) is 26.3 Å². The van der Waals surface area contributed by atoms with Crippen molar-refractivity contribution in [3.05, 3.63) is 45.0 Å². The fourth-order valence-corrected chi connectivity index (χ4v) is 3.21. The van der Waals surface area contributed by atoms with Crippen molar-refractivity contribution in [2.45, 2.75) is 38.8 Å². The highest BCUT2D eigenvalue weighted by atomic mass is 79.9. The minimum Gasteiger partial charge on any atom is -0.492 e. The maximum absolute atomic E-state index is 12.3. The average Bonchev–Trinajstić information content (AvgIpc) is 2.76. The van der Waals surface area contributed by atoms with Gasteiger partial charge in [-0.25, -0.2) is 9.48 Å². The van der Waals surface area contributed by atoms with Gasteiger partial charge in [0.25, 0.3) is 0 Å². The molecule has 0 fully saturated rings. The molecule has 2 aromatic rings. The maximum atomic E-state index is 12.3. The molecular weight excluding hydrogens is 388 g/mol. The van der Waals surface area contributed by atoms with Crippen molar-refractivity contribution < 1.29 is 9.53 Å². The second kappa shape index (κ2) is 8.33. The SMILES string of the molecule is O=C(Cn1nc2n(c1=O)CCCCC2)NCCOc1cccc(Br)c1. The first-order valence-corrected chi connectivity index (χ1v) is 9.24. The summed E-state index contributed by atoms with van der Waals surface area (Å²) in [5.41, 5.74) is -0.197. The smallest absolute Gasteiger partial charge is 0.346 e. The van der Waals surface area contributed by atoms with Crippen LogP contribution >= 0.6 is 15.9 Å². The number of carbonyl (C=O) groups excluding carboxylic acids is 1. The third kappa shape index (κ3) is 4.72. The largest absolute Gasteiger partial charge is 0.492 e. The maximum Gasteiger partial charge on any atom is 0.346 e. The molecule has 8 heteroatoms. The summed E-state index contributed by atoms with van der Waals surface area (Å²) < 4.78 is 9.44. The van der Waals surface area contributed by atoms with E-state index in [4.69, 9.17) is 4.74 Å². The standard InChI is InChI=1S/C17H21BrN4O3/c18-13-5-4-6-14(11-13)25-10-8-19-16(23)12-22-17(24)21-9-3-1-2-7-15(21)20-22/h4-6,11H,1-3,7-10,12H2,(H,19,23). The van der Waals surface area contributed by atoms with Gasteiger partial charge in [0.2, 0.25) is 5.91 Å². The van der Waals surface area contributed by atoms with Gasteiger partial charge in [-0.3, -0.25) is 9.36 Å². The number of hydrogen-bond acceptors (Lipinski definition) is 4. The molecule has 0 spiro atoms. The lowest BCUT2D eigenvalue weighted by Gasteiger charge is -2.08. The lowest BCUT2D eigenvalue weighted by atomic mass is 10.2. The molecule has 0 unspecified atom stereocenters. The summed E-state index contributed by atoms with van der Waals surface area (Å²) >= 11 is 3.38. The Morgan fingerprint density at radius 3 is 3.04 bits per heavy atom. The number of nitrogens with one attached hydrogen (secondary N) is 1. The predicted octanol–water partition coefficient (Wildman–Crippen LogP) is 1.73. The zero-order valence-corrected chi connectivity index (χ0v) is 15.5. The number of ether oxygens (including phenoxy) is 1. The van der Waals surface area contributed by atoms with Crippen molar-refractivity contribution in [3.63, 3.8) is 0 Å². The van der Waals surface area contributed by atoms with Gasteiger partial charge in [0.1, 0.15) is 24.7 Å². The van der Waals surface area contributed by atoms with Crippen molar-refractivity contribution in [3.8, 4) is 5.75 Å². The summed E-state index contributed by atoms with van der Waals surface area (Å²) in [6, 6.07) is 7.51. The number of fused-ring (bicyclic) bond motifs is 1. The van der Waals surface area contributed by atoms with Crippen molar-refractivity contribution in [1.82, 2.24) is 19.7 Å². The number of aromatic nitrogens is 3. The third-order valence-corrected chi connectivity index (χ3v) is 4.56. The molecule has 0 atom stereocenters. The third-order valence-electron chi connectivity index (χ3n) is 4.06. The van der Waals surface area contributed by atoms with Gasteiger partial charge in [-0.15, -0.1) is 0 Å². The van der Waals surface area contributed by atoms with Crippen LogP contribution in [0.15, 0.2) is 33.5 Å². The van der Waals surface area contributed by atoms with Crippen LogP contribution in [-0.4, -0.2) is 33.4 Å². The molecule has 0 saturated carbocycles. The van der Waals surface area contributed by atoms with Crippen molar-refractivity contribution in [1.29, 1.82) is 0 Å². The summed E-state index contributed by atoms with van der Waals surface area (Å²) in [6.45, 7) is 1.36. The van der Waals surface area contributed by atoms with E-state index in [1.54, 1.807) is 4.57 Å². The minimum absolute atomic E-state index is 0.0598. The van der Waals surface area contributed by atoms with Crippen molar-refractivity contribution >= 4 is 21.8 Å². The molecule has 2 heterocycles. The number of rotatable bonds is 6. The van der Waals surface area contributed by atoms with E-state index >= 15 is 0 Å². The van der Waals surface area contributed by atoms with E-state index in [-0.39, 0.29) is 18.1 Å². The molecule has 1 N–H and O–H groups in total. The molecule has 1 aliphatic heterocycles. The minimum atomic E-state index is -0.242. The summed E-state index contributed by atoms with van der Waals surface area (Å²) in [4.78, 5) is 24.3. The van der Waals surface area contributed by atoms with E-state index in [0.717, 1.165) is 41.7 Å². The Morgan fingerprint density at radius 1 is 1.32 bits per heavy atom. The summed E-state index contributed by atoms with van der Waals surface area (Å²) in [6.07, 6.45) is 3.93. The van der Waals surface area contributed by atoms with Gasteiger partial charge < -0.3 is 10.1 Å². The molecular formula is C17H21BrN4O3. The van der Waals surface area contributed by atoms with Crippen LogP contribution in [0.25, 0.3) is 0 Å². The second-order valence-corrected chi connectivity index (χ2v) is 6.89. The molecule has 1 aliphatic rings. The Balaban J connectivity index is 1.47. The van der Waals surface area contributed by atoms with Gasteiger partial charge in [-0.1, -0.05) is 28.4 Å². The molecule has 0 bridgehead atoms. The first-order chi connectivity index (χ1) is 12.1.